The highest BCUT2D eigenvalue weighted by molar-refractivity contribution is 5.36. The maximum atomic E-state index is 14.5. The molecule has 0 amide bonds. The zero-order chi connectivity index (χ0) is 22.7. The Hall–Kier alpha value is -3.11. The molecular formula is C22H24F3N7O. The molecule has 1 saturated heterocycles. The van der Waals surface area contributed by atoms with Crippen molar-refractivity contribution < 1.29 is 17.7 Å². The highest BCUT2D eigenvalue weighted by Crippen LogP contribution is 2.40. The number of aryl methyl sites for hydroxylation is 2. The van der Waals surface area contributed by atoms with E-state index in [2.05, 4.69) is 30.4 Å². The molecule has 174 valence electrons. The van der Waals surface area contributed by atoms with Gasteiger partial charge in [0.1, 0.15) is 5.82 Å². The van der Waals surface area contributed by atoms with Crippen LogP contribution in [-0.4, -0.2) is 44.0 Å². The average Bonchev–Trinajstić information content (AvgIpc) is 3.48. The fraction of sp³-hybridized carbons (Fsp3) is 0.545. The van der Waals surface area contributed by atoms with Crippen molar-refractivity contribution in [2.24, 2.45) is 11.8 Å². The van der Waals surface area contributed by atoms with Gasteiger partial charge in [0.15, 0.2) is 23.3 Å². The van der Waals surface area contributed by atoms with Crippen LogP contribution in [0.1, 0.15) is 48.8 Å². The minimum atomic E-state index is -1.44. The SMILES string of the molecule is Cc1noc(N2CC3CCC(C2)C3Nc2nc3n(n2)CCCC3c2ccc(F)c(F)c2F)n1. The number of hydrogen-bond donors (Lipinski definition) is 1. The van der Waals surface area contributed by atoms with E-state index in [-0.39, 0.29) is 11.6 Å². The van der Waals surface area contributed by atoms with E-state index in [4.69, 9.17) is 4.52 Å². The van der Waals surface area contributed by atoms with E-state index in [0.29, 0.717) is 48.4 Å². The molecule has 3 atom stereocenters. The van der Waals surface area contributed by atoms with Gasteiger partial charge in [-0.2, -0.15) is 9.97 Å². The lowest BCUT2D eigenvalue weighted by Crippen LogP contribution is -2.48. The number of nitrogens with zero attached hydrogens (tertiary/aromatic N) is 6. The summed E-state index contributed by atoms with van der Waals surface area (Å²) in [5.41, 5.74) is 0.122. The van der Waals surface area contributed by atoms with Gasteiger partial charge in [0.25, 0.3) is 0 Å². The quantitative estimate of drug-likeness (QED) is 0.597. The third-order valence-corrected chi connectivity index (χ3v) is 7.23. The lowest BCUT2D eigenvalue weighted by atomic mass is 9.90. The van der Waals surface area contributed by atoms with Crippen LogP contribution in [0.2, 0.25) is 0 Å². The molecule has 8 nitrogen and oxygen atoms in total. The third-order valence-electron chi connectivity index (χ3n) is 7.23. The van der Waals surface area contributed by atoms with Gasteiger partial charge in [-0.05, 0) is 50.5 Å². The summed E-state index contributed by atoms with van der Waals surface area (Å²) in [6, 6.07) is 3.06. The first-order valence-electron chi connectivity index (χ1n) is 11.4. The molecule has 6 rings (SSSR count). The van der Waals surface area contributed by atoms with Crippen molar-refractivity contribution in [1.82, 2.24) is 24.9 Å². The number of anilines is 2. The number of piperidine rings is 1. The van der Waals surface area contributed by atoms with Gasteiger partial charge < -0.3 is 14.7 Å². The first-order valence-corrected chi connectivity index (χ1v) is 11.4. The minimum Gasteiger partial charge on any atom is -0.350 e. The molecule has 2 fully saturated rings. The lowest BCUT2D eigenvalue weighted by Gasteiger charge is -2.37. The van der Waals surface area contributed by atoms with Crippen molar-refractivity contribution in [1.29, 1.82) is 0 Å². The van der Waals surface area contributed by atoms with E-state index in [1.165, 1.54) is 6.07 Å². The van der Waals surface area contributed by atoms with Crippen LogP contribution in [0.5, 0.6) is 0 Å². The number of aromatic nitrogens is 5. The molecule has 0 radical (unpaired) electrons. The van der Waals surface area contributed by atoms with Crippen molar-refractivity contribution in [2.75, 3.05) is 23.3 Å². The number of nitrogens with one attached hydrogen (secondary N) is 1. The molecule has 2 aliphatic heterocycles. The Morgan fingerprint density at radius 1 is 1.03 bits per heavy atom. The van der Waals surface area contributed by atoms with Gasteiger partial charge in [0.05, 0.1) is 0 Å². The van der Waals surface area contributed by atoms with E-state index < -0.39 is 23.4 Å². The molecule has 2 aromatic heterocycles. The van der Waals surface area contributed by atoms with E-state index in [0.717, 1.165) is 38.4 Å². The Morgan fingerprint density at radius 2 is 1.82 bits per heavy atom. The van der Waals surface area contributed by atoms with Crippen LogP contribution in [0.4, 0.5) is 25.1 Å². The third kappa shape index (κ3) is 3.44. The summed E-state index contributed by atoms with van der Waals surface area (Å²) in [6.45, 7) is 4.09. The normalized spacial score (nSPS) is 26.5. The number of rotatable bonds is 4. The van der Waals surface area contributed by atoms with Crippen molar-refractivity contribution in [2.45, 2.75) is 51.1 Å². The van der Waals surface area contributed by atoms with Crippen LogP contribution in [-0.2, 0) is 6.54 Å². The molecule has 3 unspecified atom stereocenters. The Bertz CT molecular complexity index is 1180. The van der Waals surface area contributed by atoms with Gasteiger partial charge in [0, 0.05) is 37.2 Å². The monoisotopic (exact) mass is 459 g/mol. The van der Waals surface area contributed by atoms with Gasteiger partial charge in [-0.3, -0.25) is 0 Å². The van der Waals surface area contributed by atoms with Crippen LogP contribution in [0.15, 0.2) is 16.7 Å². The fourth-order valence-corrected chi connectivity index (χ4v) is 5.69. The number of fused-ring (bicyclic) bond motifs is 3. The summed E-state index contributed by atoms with van der Waals surface area (Å²) in [5, 5.41) is 12.0. The maximum Gasteiger partial charge on any atom is 0.324 e. The van der Waals surface area contributed by atoms with Crippen LogP contribution < -0.4 is 10.2 Å². The van der Waals surface area contributed by atoms with E-state index in [1.54, 1.807) is 4.68 Å². The summed E-state index contributed by atoms with van der Waals surface area (Å²) in [4.78, 5) is 11.2. The molecule has 1 N–H and O–H groups in total. The van der Waals surface area contributed by atoms with Crippen molar-refractivity contribution in [3.05, 3.63) is 46.8 Å². The Morgan fingerprint density at radius 3 is 2.55 bits per heavy atom. The summed E-state index contributed by atoms with van der Waals surface area (Å²) >= 11 is 0. The first kappa shape index (κ1) is 20.5. The minimum absolute atomic E-state index is 0.122. The van der Waals surface area contributed by atoms with Gasteiger partial charge >= 0.3 is 6.01 Å². The molecule has 4 heterocycles. The van der Waals surface area contributed by atoms with Crippen LogP contribution in [0.25, 0.3) is 0 Å². The number of hydrogen-bond acceptors (Lipinski definition) is 7. The van der Waals surface area contributed by atoms with E-state index in [1.807, 2.05) is 6.92 Å². The molecular weight excluding hydrogens is 435 g/mol. The second-order valence-electron chi connectivity index (χ2n) is 9.27. The fourth-order valence-electron chi connectivity index (χ4n) is 5.69. The molecule has 2 bridgehead atoms. The van der Waals surface area contributed by atoms with E-state index >= 15 is 0 Å². The van der Waals surface area contributed by atoms with Crippen molar-refractivity contribution in [3.8, 4) is 0 Å². The van der Waals surface area contributed by atoms with Crippen LogP contribution in [0, 0.1) is 36.2 Å². The predicted molar refractivity (Wildman–Crippen MR) is 112 cm³/mol. The lowest BCUT2D eigenvalue weighted by molar-refractivity contribution is 0.340. The summed E-state index contributed by atoms with van der Waals surface area (Å²) < 4.78 is 48.9. The zero-order valence-electron chi connectivity index (χ0n) is 18.1. The van der Waals surface area contributed by atoms with Gasteiger partial charge in [-0.25, -0.2) is 17.9 Å². The number of benzene rings is 1. The largest absolute Gasteiger partial charge is 0.350 e. The highest BCUT2D eigenvalue weighted by Gasteiger charge is 2.44. The second kappa shape index (κ2) is 7.74. The standard InChI is InChI=1S/C22H24F3N7O/c1-11-26-22(33-30-11)31-9-12-4-5-13(10-31)19(12)27-21-28-20-15(3-2-8-32(20)29-21)14-6-7-16(23)18(25)17(14)24/h6-7,12-13,15,19H,2-5,8-10H2,1H3,(H,27,29). The van der Waals surface area contributed by atoms with Gasteiger partial charge in [-0.15, -0.1) is 5.10 Å². The average molecular weight is 459 g/mol. The highest BCUT2D eigenvalue weighted by atomic mass is 19.2. The maximum absolute atomic E-state index is 14.5. The Balaban J connectivity index is 1.22. The van der Waals surface area contributed by atoms with Crippen LogP contribution >= 0.6 is 0 Å². The molecule has 1 aliphatic carbocycles. The van der Waals surface area contributed by atoms with Crippen molar-refractivity contribution >= 4 is 12.0 Å². The predicted octanol–water partition coefficient (Wildman–Crippen LogP) is 3.64. The molecule has 1 aromatic carbocycles. The summed E-state index contributed by atoms with van der Waals surface area (Å²) in [5.74, 6) is -1.76. The van der Waals surface area contributed by atoms with Gasteiger partial charge in [-0.1, -0.05) is 11.2 Å². The molecule has 3 aliphatic rings. The van der Waals surface area contributed by atoms with Gasteiger partial charge in [0.2, 0.25) is 5.95 Å². The smallest absolute Gasteiger partial charge is 0.324 e. The Labute approximate surface area is 188 Å². The second-order valence-corrected chi connectivity index (χ2v) is 9.27. The summed E-state index contributed by atoms with van der Waals surface area (Å²) in [7, 11) is 0. The molecule has 33 heavy (non-hydrogen) atoms. The first-order chi connectivity index (χ1) is 16.0. The number of halogens is 3. The van der Waals surface area contributed by atoms with Crippen molar-refractivity contribution in [3.63, 3.8) is 0 Å². The molecule has 1 saturated carbocycles. The topological polar surface area (TPSA) is 84.9 Å². The summed E-state index contributed by atoms with van der Waals surface area (Å²) in [6.07, 6.45) is 3.53. The zero-order valence-corrected chi connectivity index (χ0v) is 18.1. The van der Waals surface area contributed by atoms with E-state index in [9.17, 15) is 13.2 Å². The molecule has 3 aromatic rings. The molecule has 11 heteroatoms. The molecule has 0 spiro atoms. The Kier molecular flexibility index (Phi) is 4.81. The van der Waals surface area contributed by atoms with Crippen LogP contribution in [0.3, 0.4) is 0 Å².